The van der Waals surface area contributed by atoms with Crippen molar-refractivity contribution in [2.75, 3.05) is 39.7 Å². The number of H-pyrrole nitrogens is 1. The summed E-state index contributed by atoms with van der Waals surface area (Å²) in [5, 5.41) is 58.2. The molecule has 15 aromatic rings. The van der Waals surface area contributed by atoms with Gasteiger partial charge in [0.05, 0.1) is 61.1 Å². The van der Waals surface area contributed by atoms with Gasteiger partial charge >= 0.3 is 12.1 Å². The van der Waals surface area contributed by atoms with Crippen LogP contribution in [0, 0.1) is 34.1 Å². The molecule has 0 unspecified atom stereocenters. The van der Waals surface area contributed by atoms with E-state index in [0.717, 1.165) is 38.9 Å². The molecule has 16 rings (SSSR count). The molecule has 7 aromatic carbocycles. The summed E-state index contributed by atoms with van der Waals surface area (Å²) in [6, 6.07) is 54.9. The number of carbonyl (C=O) groups excluding carboxylic acids is 9. The molecule has 0 bridgehead atoms. The molecule has 1 atom stereocenters. The van der Waals surface area contributed by atoms with Gasteiger partial charge in [0.15, 0.2) is 17.4 Å². The largest absolute Gasteiger partial charge is 0.449 e. The predicted octanol–water partition coefficient (Wildman–Crippen LogP) is 14.1. The van der Waals surface area contributed by atoms with E-state index < -0.39 is 63.3 Å². The van der Waals surface area contributed by atoms with Crippen molar-refractivity contribution in [1.29, 1.82) is 0 Å². The fraction of sp³-hybridized carbons (Fsp3) is 0.156. The van der Waals surface area contributed by atoms with Crippen LogP contribution in [0.3, 0.4) is 0 Å². The molecule has 0 saturated carbocycles. The number of nitrogens with zero attached hydrogens (tertiary/aromatic N) is 13. The number of ether oxygens (including phenoxy) is 1. The van der Waals surface area contributed by atoms with Gasteiger partial charge in [-0.05, 0) is 127 Å². The van der Waals surface area contributed by atoms with Gasteiger partial charge in [-0.3, -0.25) is 53.8 Å². The predicted molar refractivity (Wildman–Crippen MR) is 495 cm³/mol. The first kappa shape index (κ1) is 89.9. The highest BCUT2D eigenvalue weighted by Crippen LogP contribution is 2.45. The average molecular weight is 1790 g/mol. The molecule has 0 spiro atoms. The highest BCUT2D eigenvalue weighted by Gasteiger charge is 2.32. The number of Topliss-reactive ketones (excluding diaryl/α,β-unsaturated/α-hetero) is 1. The number of aryl methyl sites for hydroxylation is 9. The maximum absolute atomic E-state index is 14.5. The fourth-order valence-electron chi connectivity index (χ4n) is 15.5. The minimum atomic E-state index is -1.20. The number of ketones is 1. The van der Waals surface area contributed by atoms with E-state index in [4.69, 9.17) is 19.8 Å². The Morgan fingerprint density at radius 1 is 0.489 bits per heavy atom. The summed E-state index contributed by atoms with van der Waals surface area (Å²) in [6.45, 7) is 3.73. The third-order valence-corrected chi connectivity index (χ3v) is 22.3. The molecule has 1 aliphatic rings. The summed E-state index contributed by atoms with van der Waals surface area (Å²) >= 11 is 0. The van der Waals surface area contributed by atoms with Crippen molar-refractivity contribution in [2.45, 2.75) is 38.6 Å². The SMILES string of the molecule is Cc1ccc(/C(=N/O)c2ccc([N+](=O)[O-])cc2)cc1.Cc1ccc(/C(=N/OC(=O)c2cc(NC(=O)c3cc(NC(=O)c4cc(NC(=O)c5cc(CC(=O)[C@@H](CCNC(=O)c6cc(NC(=O)c7ccc8nc(-c9cc(NC(=O)c%10nccn%10C)cn9C)[nH]c8c7)cn6C)NC(=O)OCC6c7ccccc7-c7ccccc76)cn5C)cn4C)cn3C)cn2C)c2ccc([N+](=O)[O-])cc2)cc1. The van der Waals surface area contributed by atoms with Crippen molar-refractivity contribution in [3.8, 4) is 22.6 Å². The van der Waals surface area contributed by atoms with Crippen LogP contribution in [0.25, 0.3) is 33.7 Å². The molecule has 8 heterocycles. The number of imidazole rings is 2. The monoisotopic (exact) mass is 1790 g/mol. The molecule has 0 fully saturated rings. The van der Waals surface area contributed by atoms with E-state index in [0.29, 0.717) is 67.5 Å². The van der Waals surface area contributed by atoms with E-state index in [-0.39, 0.29) is 106 Å². The van der Waals surface area contributed by atoms with Crippen molar-refractivity contribution >= 4 is 116 Å². The van der Waals surface area contributed by atoms with E-state index in [9.17, 15) is 63.4 Å². The third kappa shape index (κ3) is 20.4. The number of carbonyl (C=O) groups is 9. The molecule has 0 radical (unpaired) electrons. The van der Waals surface area contributed by atoms with Crippen LogP contribution >= 0.6 is 0 Å². The second-order valence-corrected chi connectivity index (χ2v) is 31.7. The van der Waals surface area contributed by atoms with Crippen LogP contribution in [0.5, 0.6) is 0 Å². The minimum absolute atomic E-state index is 0.00458. The molecule has 9 N–H and O–H groups in total. The van der Waals surface area contributed by atoms with Crippen LogP contribution in [-0.2, 0) is 70.1 Å². The number of hydrogen-bond donors (Lipinski definition) is 9. The second-order valence-electron chi connectivity index (χ2n) is 31.7. The van der Waals surface area contributed by atoms with Crippen LogP contribution in [0.15, 0.2) is 260 Å². The maximum Gasteiger partial charge on any atom is 0.407 e. The number of aromatic nitrogens is 10. The van der Waals surface area contributed by atoms with Crippen LogP contribution in [-0.4, -0.2) is 146 Å². The fourth-order valence-corrected chi connectivity index (χ4v) is 15.5. The smallest absolute Gasteiger partial charge is 0.407 e. The lowest BCUT2D eigenvalue weighted by Gasteiger charge is -2.19. The van der Waals surface area contributed by atoms with Crippen molar-refractivity contribution in [1.82, 2.24) is 57.6 Å². The number of aromatic amines is 1. The normalized spacial score (nSPS) is 11.9. The molecule has 672 valence electrons. The van der Waals surface area contributed by atoms with Gasteiger partial charge in [0.2, 0.25) is 0 Å². The molecule has 0 aliphatic heterocycles. The van der Waals surface area contributed by atoms with E-state index >= 15 is 0 Å². The van der Waals surface area contributed by atoms with Crippen molar-refractivity contribution in [3.05, 3.63) is 360 Å². The number of rotatable bonds is 29. The number of nitro groups is 2. The van der Waals surface area contributed by atoms with Gasteiger partial charge in [0.1, 0.15) is 46.5 Å². The van der Waals surface area contributed by atoms with Gasteiger partial charge in [-0.25, -0.2) is 19.6 Å². The quantitative estimate of drug-likeness (QED) is 0.00691. The molecule has 0 saturated heterocycles. The van der Waals surface area contributed by atoms with Crippen molar-refractivity contribution in [2.24, 2.45) is 59.6 Å². The maximum atomic E-state index is 14.5. The molecule has 7 amide bonds. The Morgan fingerprint density at radius 3 is 1.44 bits per heavy atom. The lowest BCUT2D eigenvalue weighted by Crippen LogP contribution is -2.44. The first-order chi connectivity index (χ1) is 63.9. The van der Waals surface area contributed by atoms with Crippen molar-refractivity contribution < 1.29 is 67.8 Å². The topological polar surface area (TPSA) is 464 Å². The number of anilines is 5. The summed E-state index contributed by atoms with van der Waals surface area (Å²) < 4.78 is 16.8. The molecular formula is C96H87N21O16. The number of benzene rings is 7. The zero-order chi connectivity index (χ0) is 94.2. The zero-order valence-corrected chi connectivity index (χ0v) is 73.0. The van der Waals surface area contributed by atoms with Gasteiger partial charge < -0.3 is 89.0 Å². The Kier molecular flexibility index (Phi) is 26.2. The summed E-state index contributed by atoms with van der Waals surface area (Å²) in [5.41, 5.74) is 13.8. The number of hydrogen-bond acceptors (Lipinski definition) is 20. The third-order valence-electron chi connectivity index (χ3n) is 22.3. The van der Waals surface area contributed by atoms with Gasteiger partial charge in [-0.1, -0.05) is 119 Å². The lowest BCUT2D eigenvalue weighted by atomic mass is 9.98. The number of alkyl carbamates (subject to hydrolysis) is 1. The summed E-state index contributed by atoms with van der Waals surface area (Å²) in [4.78, 5) is 163. The summed E-state index contributed by atoms with van der Waals surface area (Å²) in [5.74, 6) is -3.97. The van der Waals surface area contributed by atoms with E-state index in [1.165, 1.54) is 114 Å². The standard InChI is InChI=1S/C82H75N19O13.C14H12N2O3/c1-46-17-19-48(20-18-46)72(49-21-24-56(25-22-49)101(111)112)93-114-81(109)70-38-55(44-100(70)8)88-79(107)69-37-54(43-99(69)7)87-78(106)68-36-53(42-98(68)6)86-77(105)66-31-47(39-95(66)3)32-71(102)63(92-82(110)113-45-61-59-15-11-9-13-57(59)58-14-10-12-16-60(58)61)27-28-84-76(104)67-35-52(41-97(67)5)85-75(103)50-23-26-62-64(33-50)91-73(90-62)65-34-51(40-96(65)4)89-80(108)74-83-29-30-94(74)2;1-10-2-4-11(5-3-10)14(15-17)12-6-8-13(9-7-12)16(18)19/h9-26,29-31,33-44,61,63H,27-28,32,45H2,1-8H3,(H,84,104)(H,85,103)(H,86,105)(H,87,106)(H,88,107)(H,89,108)(H,90,91)(H,92,110);2-9,17H,1H3/b93-72-;15-14-/t63-;/m1./s1. The van der Waals surface area contributed by atoms with Gasteiger partial charge in [-0.2, -0.15) is 0 Å². The number of nitro benzene ring substituents is 2. The van der Waals surface area contributed by atoms with Crippen LogP contribution in [0.2, 0.25) is 0 Å². The first-order valence-electron chi connectivity index (χ1n) is 41.5. The molecule has 1 aliphatic carbocycles. The number of nitrogens with one attached hydrogen (secondary N) is 8. The van der Waals surface area contributed by atoms with E-state index in [2.05, 4.69) is 57.5 Å². The molecule has 37 nitrogen and oxygen atoms in total. The highest BCUT2D eigenvalue weighted by molar-refractivity contribution is 6.15. The van der Waals surface area contributed by atoms with E-state index in [1.54, 1.807) is 125 Å². The summed E-state index contributed by atoms with van der Waals surface area (Å²) in [7, 11) is 11.6. The molecule has 133 heavy (non-hydrogen) atoms. The van der Waals surface area contributed by atoms with Crippen LogP contribution in [0.4, 0.5) is 44.6 Å². The lowest BCUT2D eigenvalue weighted by molar-refractivity contribution is -0.385. The van der Waals surface area contributed by atoms with Gasteiger partial charge in [0, 0.05) is 170 Å². The number of oxime groups is 2. The minimum Gasteiger partial charge on any atom is -0.449 e. The molecular weight excluding hydrogens is 1700 g/mol. The number of non-ortho nitro benzene ring substituents is 2. The average Bonchev–Trinajstić information content (AvgIpc) is 1.61. The highest BCUT2D eigenvalue weighted by atomic mass is 16.7. The number of amides is 7. The van der Waals surface area contributed by atoms with Crippen molar-refractivity contribution in [3.63, 3.8) is 0 Å². The Hall–Kier alpha value is -17.9. The molecule has 37 heteroatoms. The zero-order valence-electron chi connectivity index (χ0n) is 73.0. The van der Waals surface area contributed by atoms with Gasteiger partial charge in [0.25, 0.3) is 46.8 Å². The Balaban J connectivity index is 0.000000630. The van der Waals surface area contributed by atoms with Crippen LogP contribution < -0.4 is 37.2 Å². The number of fused-ring (bicyclic) bond motifs is 4. The Bertz CT molecular complexity index is 7110. The Morgan fingerprint density at radius 2 is 0.932 bits per heavy atom. The van der Waals surface area contributed by atoms with E-state index in [1.807, 2.05) is 106 Å². The Labute approximate surface area is 757 Å². The summed E-state index contributed by atoms with van der Waals surface area (Å²) in [6.07, 6.45) is 11.5. The second kappa shape index (κ2) is 38.7. The van der Waals surface area contributed by atoms with Gasteiger partial charge in [-0.15, -0.1) is 0 Å². The molecule has 8 aromatic heterocycles. The van der Waals surface area contributed by atoms with Crippen LogP contribution in [0.1, 0.15) is 136 Å². The first-order valence-corrected chi connectivity index (χ1v) is 41.5.